The molecule has 0 bridgehead atoms. The lowest BCUT2D eigenvalue weighted by molar-refractivity contribution is 0.138. The second-order valence-corrected chi connectivity index (χ2v) is 12.7. The Bertz CT molecular complexity index is 815. The highest BCUT2D eigenvalue weighted by Crippen LogP contribution is 2.56. The summed E-state index contributed by atoms with van der Waals surface area (Å²) >= 11 is 3.89. The number of amides is 1. The van der Waals surface area contributed by atoms with Gasteiger partial charge in [-0.05, 0) is 63.0 Å². The lowest BCUT2D eigenvalue weighted by Crippen LogP contribution is -2.44. The second kappa shape index (κ2) is 10.8. The average molecular weight is 493 g/mol. The molecule has 1 amide bonds. The van der Waals surface area contributed by atoms with E-state index in [0.717, 1.165) is 10.5 Å². The molecule has 0 fully saturated rings. The number of hydrogen-bond acceptors (Lipinski definition) is 6. The maximum Gasteiger partial charge on any atom is 0.415 e. The van der Waals surface area contributed by atoms with Gasteiger partial charge in [0.1, 0.15) is 11.4 Å². The minimum atomic E-state index is -3.06. The molecule has 1 N–H and O–H groups in total. The van der Waals surface area contributed by atoms with Crippen LogP contribution < -0.4 is 9.64 Å². The number of anilines is 1. The predicted octanol–water partition coefficient (Wildman–Crippen LogP) is 4.90. The normalized spacial score (nSPS) is 17.2. The zero-order chi connectivity index (χ0) is 23.4. The molecule has 0 saturated carbocycles. The van der Waals surface area contributed by atoms with Crippen LogP contribution in [0.25, 0.3) is 0 Å². The van der Waals surface area contributed by atoms with E-state index in [4.69, 9.17) is 25.6 Å². The summed E-state index contributed by atoms with van der Waals surface area (Å²) in [5.41, 5.74) is 0.858. The highest BCUT2D eigenvalue weighted by atomic mass is 32.5. The lowest BCUT2D eigenvalue weighted by Gasteiger charge is -2.37. The molecule has 2 atom stereocenters. The van der Waals surface area contributed by atoms with Crippen LogP contribution in [0.5, 0.6) is 5.75 Å². The molecule has 31 heavy (non-hydrogen) atoms. The monoisotopic (exact) mass is 492 g/mol. The van der Waals surface area contributed by atoms with Gasteiger partial charge in [0.2, 0.25) is 5.88 Å². The van der Waals surface area contributed by atoms with Crippen molar-refractivity contribution < 1.29 is 28.2 Å². The molecule has 0 aromatic heterocycles. The molecular weight excluding hydrogens is 459 g/mol. The molecule has 11 heteroatoms. The summed E-state index contributed by atoms with van der Waals surface area (Å²) in [4.78, 5) is 13.3. The second-order valence-electron chi connectivity index (χ2n) is 7.83. The van der Waals surface area contributed by atoms with Crippen molar-refractivity contribution in [2.24, 2.45) is 0 Å². The van der Waals surface area contributed by atoms with E-state index in [0.29, 0.717) is 37.5 Å². The van der Waals surface area contributed by atoms with Crippen molar-refractivity contribution in [3.63, 3.8) is 0 Å². The Morgan fingerprint density at radius 3 is 2.48 bits per heavy atom. The molecule has 1 aromatic rings. The molecule has 2 unspecified atom stereocenters. The first-order valence-corrected chi connectivity index (χ1v) is 14.2. The molecule has 0 saturated heterocycles. The van der Waals surface area contributed by atoms with Crippen molar-refractivity contribution in [2.45, 2.75) is 66.0 Å². The minimum absolute atomic E-state index is 0.225. The van der Waals surface area contributed by atoms with Crippen LogP contribution >= 0.6 is 6.64 Å². The number of benzene rings is 1. The highest BCUT2D eigenvalue weighted by molar-refractivity contribution is 8.13. The van der Waals surface area contributed by atoms with Crippen LogP contribution in [-0.4, -0.2) is 50.6 Å². The summed E-state index contributed by atoms with van der Waals surface area (Å²) in [5.74, 6) is 0.203. The van der Waals surface area contributed by atoms with E-state index in [1.807, 2.05) is 33.8 Å². The van der Waals surface area contributed by atoms with Crippen molar-refractivity contribution in [3.05, 3.63) is 23.8 Å². The van der Waals surface area contributed by atoms with Gasteiger partial charge >= 0.3 is 12.7 Å². The van der Waals surface area contributed by atoms with Crippen molar-refractivity contribution in [1.82, 2.24) is 4.08 Å². The number of para-hydroxylation sites is 1. The minimum Gasteiger partial charge on any atom is -0.596 e. The van der Waals surface area contributed by atoms with Gasteiger partial charge in [-0.25, -0.2) is 9.69 Å². The molecule has 2 rings (SSSR count). The van der Waals surface area contributed by atoms with E-state index < -0.39 is 29.7 Å². The number of nitrogens with zero attached hydrogens (tertiary/aromatic N) is 2. The van der Waals surface area contributed by atoms with E-state index in [2.05, 4.69) is 0 Å². The topological polar surface area (TPSA) is 94.5 Å². The maximum atomic E-state index is 13.5. The van der Waals surface area contributed by atoms with Gasteiger partial charge in [-0.3, -0.25) is 0 Å². The van der Waals surface area contributed by atoms with Crippen molar-refractivity contribution >= 4 is 41.6 Å². The van der Waals surface area contributed by atoms with Crippen molar-refractivity contribution in [3.8, 4) is 5.75 Å². The summed E-state index contributed by atoms with van der Waals surface area (Å²) < 4.78 is 32.7. The van der Waals surface area contributed by atoms with E-state index in [1.54, 1.807) is 30.1 Å². The van der Waals surface area contributed by atoms with Crippen LogP contribution in [0.2, 0.25) is 0 Å². The Morgan fingerprint density at radius 1 is 1.35 bits per heavy atom. The number of carboxylic acid groups (broad SMARTS) is 1. The zero-order valence-corrected chi connectivity index (χ0v) is 21.5. The Kier molecular flexibility index (Phi) is 9.22. The summed E-state index contributed by atoms with van der Waals surface area (Å²) in [7, 11) is 0. The summed E-state index contributed by atoms with van der Waals surface area (Å²) in [5, 5.41) is 9.96. The molecule has 0 aliphatic carbocycles. The summed E-state index contributed by atoms with van der Waals surface area (Å²) in [6.45, 7) is 8.88. The molecule has 0 radical (unpaired) electrons. The molecule has 1 heterocycles. The largest absolute Gasteiger partial charge is 0.596 e. The first-order chi connectivity index (χ1) is 14.5. The number of carbonyl (C=O) groups is 1. The Morgan fingerprint density at radius 2 is 1.97 bits per heavy atom. The molecule has 1 aromatic carbocycles. The molecular formula is C20H33N2O6PS2. The van der Waals surface area contributed by atoms with Gasteiger partial charge in [0.25, 0.3) is 0 Å². The van der Waals surface area contributed by atoms with Gasteiger partial charge in [0, 0.05) is 12.0 Å². The van der Waals surface area contributed by atoms with E-state index in [-0.39, 0.29) is 11.9 Å². The Hall–Kier alpha value is -0.870. The van der Waals surface area contributed by atoms with E-state index >= 15 is 0 Å². The number of rotatable bonds is 11. The van der Waals surface area contributed by atoms with Gasteiger partial charge in [0.05, 0.1) is 36.3 Å². The Balaban J connectivity index is 2.41. The van der Waals surface area contributed by atoms with Gasteiger partial charge < -0.3 is 23.4 Å². The Labute approximate surface area is 193 Å². The smallest absolute Gasteiger partial charge is 0.415 e. The van der Waals surface area contributed by atoms with E-state index in [1.165, 1.54) is 0 Å². The fraction of sp³-hybridized carbons (Fsp3) is 0.650. The number of hydrogen-bond donors (Lipinski definition) is 1. The van der Waals surface area contributed by atoms with Crippen LogP contribution in [0.1, 0.15) is 53.5 Å². The van der Waals surface area contributed by atoms with Crippen LogP contribution in [0.3, 0.4) is 0 Å². The van der Waals surface area contributed by atoms with Gasteiger partial charge in [0.15, 0.2) is 0 Å². The van der Waals surface area contributed by atoms with Crippen LogP contribution in [0.15, 0.2) is 18.2 Å². The van der Waals surface area contributed by atoms with Gasteiger partial charge in [-0.15, -0.1) is 0 Å². The van der Waals surface area contributed by atoms with Crippen LogP contribution in [-0.2, 0) is 38.6 Å². The first kappa shape index (κ1) is 26.4. The predicted molar refractivity (Wildman–Crippen MR) is 127 cm³/mol. The standard InChI is InChI=1S/C20H33N2O6PS2/c1-7-15(4)22(29(30,26-8-2)27-9-3)31(25)14-21(19(23)24)17-12-10-11-16-13-20(5,6)28-18(16)17/h10-12,15H,7-9,13-14H2,1-6H3,(H,23,24). The molecule has 0 spiro atoms. The third-order valence-electron chi connectivity index (χ3n) is 4.83. The quantitative estimate of drug-likeness (QED) is 0.344. The maximum absolute atomic E-state index is 13.5. The fourth-order valence-electron chi connectivity index (χ4n) is 3.40. The van der Waals surface area contributed by atoms with E-state index in [9.17, 15) is 14.5 Å². The number of fused-ring (bicyclic) bond motifs is 1. The van der Waals surface area contributed by atoms with Gasteiger partial charge in [-0.1, -0.05) is 19.1 Å². The number of ether oxygens (including phenoxy) is 1. The first-order valence-electron chi connectivity index (χ1n) is 10.4. The SMILES string of the molecule is CCOP(=S)(OCC)N(C(C)CC)[S+]([O-])CN(C(=O)O)c1cccc2c1OC(C)(C)C2. The molecule has 1 aliphatic rings. The van der Waals surface area contributed by atoms with Crippen molar-refractivity contribution in [1.29, 1.82) is 0 Å². The van der Waals surface area contributed by atoms with Crippen LogP contribution in [0.4, 0.5) is 10.5 Å². The highest BCUT2D eigenvalue weighted by Gasteiger charge is 2.43. The summed E-state index contributed by atoms with van der Waals surface area (Å²) in [6.07, 6.45) is 0.0941. The third-order valence-corrected chi connectivity index (χ3v) is 10.8. The molecule has 1 aliphatic heterocycles. The average Bonchev–Trinajstić information content (AvgIpc) is 3.00. The zero-order valence-electron chi connectivity index (χ0n) is 19.0. The fourth-order valence-corrected chi connectivity index (χ4v) is 9.25. The third kappa shape index (κ3) is 6.13. The lowest BCUT2D eigenvalue weighted by atomic mass is 10.0. The molecule has 8 nitrogen and oxygen atoms in total. The van der Waals surface area contributed by atoms with Crippen LogP contribution in [0, 0.1) is 0 Å². The van der Waals surface area contributed by atoms with Gasteiger partial charge in [-0.2, -0.15) is 0 Å². The van der Waals surface area contributed by atoms with Crippen molar-refractivity contribution in [2.75, 3.05) is 24.0 Å². The summed E-state index contributed by atoms with van der Waals surface area (Å²) in [6, 6.07) is 5.15. The molecule has 176 valence electrons.